The third kappa shape index (κ3) is 4.21. The molecule has 8 nitrogen and oxygen atoms in total. The van der Waals surface area contributed by atoms with Crippen LogP contribution in [-0.4, -0.2) is 36.3 Å². The van der Waals surface area contributed by atoms with Crippen LogP contribution in [0.1, 0.15) is 6.42 Å². The van der Waals surface area contributed by atoms with E-state index in [9.17, 15) is 13.2 Å². The lowest BCUT2D eigenvalue weighted by molar-refractivity contribution is -0.137. The van der Waals surface area contributed by atoms with Crippen LogP contribution in [0.5, 0.6) is 5.75 Å². The minimum Gasteiger partial charge on any atom is -0.493 e. The van der Waals surface area contributed by atoms with E-state index in [-0.39, 0.29) is 17.9 Å². The summed E-state index contributed by atoms with van der Waals surface area (Å²) in [6.45, 7) is 0.0225. The molecule has 0 aliphatic carbocycles. The van der Waals surface area contributed by atoms with E-state index in [0.29, 0.717) is 11.4 Å². The molecule has 1 aromatic heterocycles. The summed E-state index contributed by atoms with van der Waals surface area (Å²) < 4.78 is 31.6. The SMILES string of the molecule is O=C(O)CCOc1ccc(S(=O)(=O)Nc2cn[nH]c2)cc1. The fourth-order valence-corrected chi connectivity index (χ4v) is 2.53. The van der Waals surface area contributed by atoms with E-state index >= 15 is 0 Å². The van der Waals surface area contributed by atoms with E-state index in [1.807, 2.05) is 0 Å². The Bertz CT molecular complexity index is 695. The number of nitrogens with one attached hydrogen (secondary N) is 2. The normalized spacial score (nSPS) is 11.0. The second-order valence-corrected chi connectivity index (χ2v) is 5.74. The van der Waals surface area contributed by atoms with Gasteiger partial charge in [0.25, 0.3) is 10.0 Å². The molecule has 112 valence electrons. The largest absolute Gasteiger partial charge is 0.493 e. The summed E-state index contributed by atoms with van der Waals surface area (Å²) in [4.78, 5) is 10.4. The van der Waals surface area contributed by atoms with Gasteiger partial charge in [0, 0.05) is 6.20 Å². The minimum absolute atomic E-state index is 0.0225. The molecule has 0 fully saturated rings. The van der Waals surface area contributed by atoms with Crippen LogP contribution < -0.4 is 9.46 Å². The first kappa shape index (κ1) is 14.9. The summed E-state index contributed by atoms with van der Waals surface area (Å²) in [5, 5.41) is 14.6. The van der Waals surface area contributed by atoms with Gasteiger partial charge in [0.1, 0.15) is 5.75 Å². The zero-order chi connectivity index (χ0) is 15.3. The lowest BCUT2D eigenvalue weighted by Crippen LogP contribution is -2.12. The van der Waals surface area contributed by atoms with Gasteiger partial charge in [0.2, 0.25) is 0 Å². The summed E-state index contributed by atoms with van der Waals surface area (Å²) in [7, 11) is -3.69. The number of hydrogen-bond acceptors (Lipinski definition) is 5. The number of sulfonamides is 1. The van der Waals surface area contributed by atoms with Crippen LogP contribution in [0.4, 0.5) is 5.69 Å². The Morgan fingerprint density at radius 2 is 2.05 bits per heavy atom. The van der Waals surface area contributed by atoms with Crippen molar-refractivity contribution in [1.29, 1.82) is 0 Å². The average Bonchev–Trinajstić information content (AvgIpc) is 2.91. The number of ether oxygens (including phenoxy) is 1. The van der Waals surface area contributed by atoms with E-state index in [1.54, 1.807) is 0 Å². The first-order valence-corrected chi connectivity index (χ1v) is 7.42. The summed E-state index contributed by atoms with van der Waals surface area (Å²) in [6.07, 6.45) is 2.64. The number of carboxylic acids is 1. The zero-order valence-electron chi connectivity index (χ0n) is 10.8. The molecule has 1 heterocycles. The Kier molecular flexibility index (Phi) is 4.43. The molecule has 0 bridgehead atoms. The maximum absolute atomic E-state index is 12.0. The molecule has 0 atom stereocenters. The van der Waals surface area contributed by atoms with Crippen molar-refractivity contribution in [3.05, 3.63) is 36.7 Å². The fraction of sp³-hybridized carbons (Fsp3) is 0.167. The van der Waals surface area contributed by atoms with Crippen molar-refractivity contribution < 1.29 is 23.1 Å². The van der Waals surface area contributed by atoms with Crippen LogP contribution in [0, 0.1) is 0 Å². The number of carbonyl (C=O) groups is 1. The highest BCUT2D eigenvalue weighted by Gasteiger charge is 2.14. The van der Waals surface area contributed by atoms with Crippen molar-refractivity contribution >= 4 is 21.7 Å². The van der Waals surface area contributed by atoms with Crippen LogP contribution in [-0.2, 0) is 14.8 Å². The lowest BCUT2D eigenvalue weighted by atomic mass is 10.3. The first-order chi connectivity index (χ1) is 9.97. The molecule has 0 aliphatic rings. The van der Waals surface area contributed by atoms with Gasteiger partial charge in [-0.05, 0) is 24.3 Å². The summed E-state index contributed by atoms with van der Waals surface area (Å²) in [5.74, 6) is -0.558. The van der Waals surface area contributed by atoms with Crippen molar-refractivity contribution in [2.24, 2.45) is 0 Å². The summed E-state index contributed by atoms with van der Waals surface area (Å²) in [5.41, 5.74) is 0.330. The van der Waals surface area contributed by atoms with Gasteiger partial charge in [0.05, 0.1) is 29.8 Å². The third-order valence-corrected chi connectivity index (χ3v) is 3.87. The molecule has 0 amide bonds. The standard InChI is InChI=1S/C12H13N3O5S/c16-12(17)5-6-20-10-1-3-11(4-2-10)21(18,19)15-9-7-13-14-8-9/h1-4,7-8,15H,5-6H2,(H,13,14)(H,16,17). The first-order valence-electron chi connectivity index (χ1n) is 5.93. The number of hydrogen-bond donors (Lipinski definition) is 3. The number of benzene rings is 1. The highest BCUT2D eigenvalue weighted by atomic mass is 32.2. The van der Waals surface area contributed by atoms with Gasteiger partial charge >= 0.3 is 5.97 Å². The quantitative estimate of drug-likeness (QED) is 0.703. The molecule has 2 aromatic rings. The molecule has 0 saturated carbocycles. The summed E-state index contributed by atoms with van der Waals surface area (Å²) in [6, 6.07) is 5.68. The molecule has 0 unspecified atom stereocenters. The Morgan fingerprint density at radius 3 is 2.62 bits per heavy atom. The Morgan fingerprint density at radius 1 is 1.33 bits per heavy atom. The number of aromatic amines is 1. The van der Waals surface area contributed by atoms with Gasteiger partial charge in [-0.3, -0.25) is 14.6 Å². The highest BCUT2D eigenvalue weighted by Crippen LogP contribution is 2.18. The number of anilines is 1. The molecule has 9 heteroatoms. The van der Waals surface area contributed by atoms with E-state index in [2.05, 4.69) is 14.9 Å². The topological polar surface area (TPSA) is 121 Å². The molecule has 0 spiro atoms. The van der Waals surface area contributed by atoms with Gasteiger partial charge in [-0.1, -0.05) is 0 Å². The van der Waals surface area contributed by atoms with Crippen LogP contribution in [0.2, 0.25) is 0 Å². The highest BCUT2D eigenvalue weighted by molar-refractivity contribution is 7.92. The van der Waals surface area contributed by atoms with Crippen LogP contribution in [0.25, 0.3) is 0 Å². The molecule has 1 aromatic carbocycles. The van der Waals surface area contributed by atoms with Crippen LogP contribution in [0.3, 0.4) is 0 Å². The number of carboxylic acid groups (broad SMARTS) is 1. The van der Waals surface area contributed by atoms with Crippen molar-refractivity contribution in [3.8, 4) is 5.75 Å². The number of nitrogens with zero attached hydrogens (tertiary/aromatic N) is 1. The molecule has 3 N–H and O–H groups in total. The van der Waals surface area contributed by atoms with E-state index in [0.717, 1.165) is 0 Å². The van der Waals surface area contributed by atoms with Crippen molar-refractivity contribution in [2.75, 3.05) is 11.3 Å². The van der Waals surface area contributed by atoms with Gasteiger partial charge in [-0.2, -0.15) is 5.10 Å². The minimum atomic E-state index is -3.69. The van der Waals surface area contributed by atoms with Crippen molar-refractivity contribution in [1.82, 2.24) is 10.2 Å². The molecule has 0 aliphatic heterocycles. The number of rotatable bonds is 7. The molecule has 21 heavy (non-hydrogen) atoms. The van der Waals surface area contributed by atoms with Crippen LogP contribution >= 0.6 is 0 Å². The molecular weight excluding hydrogens is 298 g/mol. The maximum atomic E-state index is 12.0. The molecule has 0 saturated heterocycles. The van der Waals surface area contributed by atoms with Gasteiger partial charge in [-0.15, -0.1) is 0 Å². The van der Waals surface area contributed by atoms with Crippen molar-refractivity contribution in [2.45, 2.75) is 11.3 Å². The van der Waals surface area contributed by atoms with Gasteiger partial charge in [0.15, 0.2) is 0 Å². The Labute approximate surface area is 120 Å². The predicted octanol–water partition coefficient (Wildman–Crippen LogP) is 1.06. The van der Waals surface area contributed by atoms with E-state index in [1.165, 1.54) is 36.7 Å². The van der Waals surface area contributed by atoms with Gasteiger partial charge in [-0.25, -0.2) is 8.42 Å². The third-order valence-electron chi connectivity index (χ3n) is 2.47. The zero-order valence-corrected chi connectivity index (χ0v) is 11.6. The van der Waals surface area contributed by atoms with Crippen molar-refractivity contribution in [3.63, 3.8) is 0 Å². The Hall–Kier alpha value is -2.55. The number of aliphatic carboxylic acids is 1. The molecular formula is C12H13N3O5S. The van der Waals surface area contributed by atoms with E-state index in [4.69, 9.17) is 9.84 Å². The maximum Gasteiger partial charge on any atom is 0.306 e. The van der Waals surface area contributed by atoms with Gasteiger partial charge < -0.3 is 9.84 Å². The predicted molar refractivity (Wildman–Crippen MR) is 73.6 cm³/mol. The fourth-order valence-electron chi connectivity index (χ4n) is 1.49. The number of aromatic nitrogens is 2. The number of H-pyrrole nitrogens is 1. The summed E-state index contributed by atoms with van der Waals surface area (Å²) >= 11 is 0. The van der Waals surface area contributed by atoms with E-state index < -0.39 is 16.0 Å². The second kappa shape index (κ2) is 6.27. The second-order valence-electron chi connectivity index (χ2n) is 4.06. The molecule has 0 radical (unpaired) electrons. The van der Waals surface area contributed by atoms with Crippen LogP contribution in [0.15, 0.2) is 41.6 Å². The lowest BCUT2D eigenvalue weighted by Gasteiger charge is -2.08. The Balaban J connectivity index is 2.02. The average molecular weight is 311 g/mol. The molecule has 2 rings (SSSR count). The monoisotopic (exact) mass is 311 g/mol. The smallest absolute Gasteiger partial charge is 0.306 e.